The van der Waals surface area contributed by atoms with Crippen LogP contribution >= 0.6 is 15.9 Å². The molecule has 1 unspecified atom stereocenters. The van der Waals surface area contributed by atoms with E-state index in [0.717, 1.165) is 16.5 Å². The molecule has 0 amide bonds. The molecular formula is C20H16BrF3N6O2S. The van der Waals surface area contributed by atoms with E-state index in [1.807, 2.05) is 30.3 Å². The molecule has 3 aromatic heterocycles. The number of aromatic nitrogens is 4. The highest BCUT2D eigenvalue weighted by atomic mass is 79.9. The SMILES string of the molecule is Nc1c(Br)c(C2CCN(S(=O)(=O)C(F)(F)F)C2)nc2c(-c3cnc4ccccc4c3)cnn12. The minimum atomic E-state index is -5.41. The van der Waals surface area contributed by atoms with Crippen LogP contribution in [-0.4, -0.2) is 50.9 Å². The molecule has 1 fully saturated rings. The molecule has 0 aliphatic carbocycles. The van der Waals surface area contributed by atoms with Crippen molar-refractivity contribution in [1.29, 1.82) is 0 Å². The molecule has 4 heterocycles. The molecule has 8 nitrogen and oxygen atoms in total. The number of pyridine rings is 1. The van der Waals surface area contributed by atoms with Gasteiger partial charge in [-0.15, -0.1) is 0 Å². The zero-order valence-corrected chi connectivity index (χ0v) is 19.2. The van der Waals surface area contributed by atoms with Gasteiger partial charge in [0.05, 0.1) is 21.9 Å². The van der Waals surface area contributed by atoms with Gasteiger partial charge < -0.3 is 5.73 Å². The molecule has 4 aromatic rings. The van der Waals surface area contributed by atoms with Crippen molar-refractivity contribution in [2.45, 2.75) is 17.8 Å². The lowest BCUT2D eigenvalue weighted by molar-refractivity contribution is -0.0483. The Morgan fingerprint density at radius 2 is 1.94 bits per heavy atom. The van der Waals surface area contributed by atoms with Crippen molar-refractivity contribution >= 4 is 48.3 Å². The summed E-state index contributed by atoms with van der Waals surface area (Å²) >= 11 is 3.37. The van der Waals surface area contributed by atoms with Crippen molar-refractivity contribution in [2.75, 3.05) is 18.8 Å². The van der Waals surface area contributed by atoms with Gasteiger partial charge in [0.25, 0.3) is 0 Å². The topological polar surface area (TPSA) is 106 Å². The van der Waals surface area contributed by atoms with Crippen molar-refractivity contribution in [2.24, 2.45) is 0 Å². The van der Waals surface area contributed by atoms with Crippen LogP contribution < -0.4 is 5.73 Å². The van der Waals surface area contributed by atoms with Crippen LogP contribution in [0.1, 0.15) is 18.0 Å². The van der Waals surface area contributed by atoms with Crippen molar-refractivity contribution in [3.05, 3.63) is 52.9 Å². The Bertz CT molecular complexity index is 1510. The van der Waals surface area contributed by atoms with Crippen LogP contribution in [0.25, 0.3) is 27.7 Å². The zero-order valence-electron chi connectivity index (χ0n) is 16.8. The van der Waals surface area contributed by atoms with Gasteiger partial charge in [-0.1, -0.05) is 18.2 Å². The highest BCUT2D eigenvalue weighted by molar-refractivity contribution is 9.10. The van der Waals surface area contributed by atoms with E-state index in [9.17, 15) is 21.6 Å². The summed E-state index contributed by atoms with van der Waals surface area (Å²) < 4.78 is 64.8. The van der Waals surface area contributed by atoms with Crippen LogP contribution in [0.5, 0.6) is 0 Å². The maximum absolute atomic E-state index is 13.0. The van der Waals surface area contributed by atoms with Gasteiger partial charge in [0, 0.05) is 41.7 Å². The summed E-state index contributed by atoms with van der Waals surface area (Å²) in [4.78, 5) is 9.11. The zero-order chi connectivity index (χ0) is 23.5. The highest BCUT2D eigenvalue weighted by Crippen LogP contribution is 2.39. The predicted molar refractivity (Wildman–Crippen MR) is 120 cm³/mol. The third kappa shape index (κ3) is 3.54. The first kappa shape index (κ1) is 22.0. The average Bonchev–Trinajstić information content (AvgIpc) is 3.43. The van der Waals surface area contributed by atoms with E-state index in [4.69, 9.17) is 5.73 Å². The lowest BCUT2D eigenvalue weighted by Gasteiger charge is -2.18. The molecule has 5 rings (SSSR count). The number of alkyl halides is 3. The molecule has 1 aliphatic rings. The van der Waals surface area contributed by atoms with E-state index in [0.29, 0.717) is 25.7 Å². The number of nitrogens with two attached hydrogens (primary N) is 1. The van der Waals surface area contributed by atoms with Crippen LogP contribution in [0.4, 0.5) is 19.0 Å². The van der Waals surface area contributed by atoms with Gasteiger partial charge in [-0.05, 0) is 34.5 Å². The Morgan fingerprint density at radius 1 is 1.18 bits per heavy atom. The molecule has 1 aromatic carbocycles. The van der Waals surface area contributed by atoms with Gasteiger partial charge in [0.2, 0.25) is 0 Å². The minimum Gasteiger partial charge on any atom is -0.383 e. The number of fused-ring (bicyclic) bond motifs is 2. The summed E-state index contributed by atoms with van der Waals surface area (Å²) in [6, 6.07) is 9.54. The Kier molecular flexibility index (Phi) is 5.10. The first-order chi connectivity index (χ1) is 15.6. The fourth-order valence-corrected chi connectivity index (χ4v) is 5.62. The fourth-order valence-electron chi connectivity index (χ4n) is 4.02. The number of anilines is 1. The number of rotatable bonds is 3. The van der Waals surface area contributed by atoms with E-state index in [2.05, 4.69) is 31.0 Å². The van der Waals surface area contributed by atoms with Crippen LogP contribution in [0.3, 0.4) is 0 Å². The Morgan fingerprint density at radius 3 is 2.70 bits per heavy atom. The maximum atomic E-state index is 13.0. The van der Waals surface area contributed by atoms with Gasteiger partial charge in [-0.25, -0.2) is 13.4 Å². The molecule has 1 saturated heterocycles. The second-order valence-electron chi connectivity index (χ2n) is 7.70. The van der Waals surface area contributed by atoms with E-state index >= 15 is 0 Å². The van der Waals surface area contributed by atoms with Gasteiger partial charge in [0.1, 0.15) is 5.82 Å². The number of nitrogens with zero attached hydrogens (tertiary/aromatic N) is 5. The average molecular weight is 541 g/mol. The standard InChI is InChI=1S/C20H16BrF3N6O2S/c21-16-17(12-5-6-29(10-12)33(31,32)20(22,23)24)28-19-14(9-27-30(19)18(16)25)13-7-11-3-1-2-4-15(11)26-8-13/h1-4,7-9,12H,5-6,10,25H2. The van der Waals surface area contributed by atoms with Gasteiger partial charge in [0.15, 0.2) is 5.65 Å². The smallest absolute Gasteiger partial charge is 0.383 e. The number of hydrogen-bond donors (Lipinski definition) is 1. The number of nitrogen functional groups attached to an aromatic ring is 1. The molecule has 0 spiro atoms. The number of para-hydroxylation sites is 1. The predicted octanol–water partition coefficient (Wildman–Crippen LogP) is 3.93. The summed E-state index contributed by atoms with van der Waals surface area (Å²) in [5, 5.41) is 5.23. The summed E-state index contributed by atoms with van der Waals surface area (Å²) in [6.45, 7) is -0.601. The number of hydrogen-bond acceptors (Lipinski definition) is 6. The Balaban J connectivity index is 1.58. The Hall–Kier alpha value is -2.77. The molecule has 13 heteroatoms. The minimum absolute atomic E-state index is 0.178. The summed E-state index contributed by atoms with van der Waals surface area (Å²) in [5.41, 5.74) is 3.90. The van der Waals surface area contributed by atoms with Crippen LogP contribution in [-0.2, 0) is 10.0 Å². The molecular weight excluding hydrogens is 525 g/mol. The lowest BCUT2D eigenvalue weighted by atomic mass is 10.0. The fraction of sp³-hybridized carbons (Fsp3) is 0.250. The molecule has 1 atom stereocenters. The highest BCUT2D eigenvalue weighted by Gasteiger charge is 2.52. The van der Waals surface area contributed by atoms with E-state index in [-0.39, 0.29) is 25.3 Å². The van der Waals surface area contributed by atoms with E-state index < -0.39 is 21.4 Å². The van der Waals surface area contributed by atoms with Crippen LogP contribution in [0.15, 0.2) is 47.2 Å². The molecule has 33 heavy (non-hydrogen) atoms. The lowest BCUT2D eigenvalue weighted by Crippen LogP contribution is -2.39. The van der Waals surface area contributed by atoms with E-state index in [1.54, 1.807) is 12.4 Å². The summed E-state index contributed by atoms with van der Waals surface area (Å²) in [6.07, 6.45) is 3.46. The summed E-state index contributed by atoms with van der Waals surface area (Å²) in [7, 11) is -5.41. The van der Waals surface area contributed by atoms with Crippen LogP contribution in [0, 0.1) is 0 Å². The maximum Gasteiger partial charge on any atom is 0.511 e. The van der Waals surface area contributed by atoms with Gasteiger partial charge in [-0.3, -0.25) is 4.98 Å². The molecule has 2 N–H and O–H groups in total. The largest absolute Gasteiger partial charge is 0.511 e. The van der Waals surface area contributed by atoms with Crippen molar-refractivity contribution in [3.63, 3.8) is 0 Å². The Labute approximate surface area is 194 Å². The normalized spacial score (nSPS) is 17.9. The quantitative estimate of drug-likeness (QED) is 0.422. The number of halogens is 4. The first-order valence-corrected chi connectivity index (χ1v) is 12.1. The molecule has 172 valence electrons. The monoisotopic (exact) mass is 540 g/mol. The molecule has 1 aliphatic heterocycles. The van der Waals surface area contributed by atoms with Crippen molar-refractivity contribution in [1.82, 2.24) is 23.9 Å². The summed E-state index contributed by atoms with van der Waals surface area (Å²) in [5.74, 6) is -0.353. The third-order valence-corrected chi connectivity index (χ3v) is 8.13. The third-order valence-electron chi connectivity index (χ3n) is 5.72. The van der Waals surface area contributed by atoms with E-state index in [1.165, 1.54) is 4.52 Å². The van der Waals surface area contributed by atoms with Crippen molar-refractivity contribution in [3.8, 4) is 11.1 Å². The van der Waals surface area contributed by atoms with Gasteiger partial charge in [-0.2, -0.15) is 27.1 Å². The molecule has 0 radical (unpaired) electrons. The molecule has 0 bridgehead atoms. The van der Waals surface area contributed by atoms with Crippen molar-refractivity contribution < 1.29 is 21.6 Å². The van der Waals surface area contributed by atoms with Crippen LogP contribution in [0.2, 0.25) is 0 Å². The van der Waals surface area contributed by atoms with Gasteiger partial charge >= 0.3 is 15.5 Å². The second-order valence-corrected chi connectivity index (χ2v) is 10.4. The second kappa shape index (κ2) is 7.64. The number of benzene rings is 1. The first-order valence-electron chi connectivity index (χ1n) is 9.82. The number of sulfonamides is 1. The molecule has 0 saturated carbocycles.